The van der Waals surface area contributed by atoms with Crippen LogP contribution < -0.4 is 16.6 Å². The van der Waals surface area contributed by atoms with Gasteiger partial charge in [0.25, 0.3) is 5.56 Å². The fraction of sp³-hybridized carbons (Fsp3) is 0.400. The minimum absolute atomic E-state index is 0.0689. The molecule has 0 spiro atoms. The van der Waals surface area contributed by atoms with Gasteiger partial charge in [0.05, 0.1) is 6.42 Å². The Morgan fingerprint density at radius 2 is 2.00 bits per heavy atom. The molecule has 1 atom stereocenters. The number of aliphatic hydroxyl groups excluding tert-OH is 1. The maximum absolute atomic E-state index is 11.5. The third-order valence-corrected chi connectivity index (χ3v) is 2.22. The number of amides is 1. The number of carboxylic acids is 1. The quantitative estimate of drug-likeness (QED) is 0.387. The second kappa shape index (κ2) is 6.50. The van der Waals surface area contributed by atoms with Crippen LogP contribution in [0.5, 0.6) is 0 Å². The third kappa shape index (κ3) is 4.76. The summed E-state index contributed by atoms with van der Waals surface area (Å²) in [7, 11) is 0. The van der Waals surface area contributed by atoms with Crippen LogP contribution in [-0.4, -0.2) is 44.7 Å². The van der Waals surface area contributed by atoms with Gasteiger partial charge < -0.3 is 20.5 Å². The summed E-state index contributed by atoms with van der Waals surface area (Å²) in [5.41, 5.74) is -1.34. The van der Waals surface area contributed by atoms with Crippen LogP contribution in [0.25, 0.3) is 0 Å². The predicted molar refractivity (Wildman–Crippen MR) is 62.7 cm³/mol. The van der Waals surface area contributed by atoms with E-state index in [4.69, 9.17) is 10.2 Å². The predicted octanol–water partition coefficient (Wildman–Crippen LogP) is -2.44. The molecule has 19 heavy (non-hydrogen) atoms. The van der Waals surface area contributed by atoms with E-state index >= 15 is 0 Å². The zero-order chi connectivity index (χ0) is 14.4. The Hall–Kier alpha value is -2.42. The van der Waals surface area contributed by atoms with Gasteiger partial charge in [-0.25, -0.2) is 9.59 Å². The van der Waals surface area contributed by atoms with Crippen LogP contribution >= 0.6 is 0 Å². The normalized spacial score (nSPS) is 11.8. The number of hydrogen-bond donors (Lipinski definition) is 5. The molecule has 0 radical (unpaired) electrons. The number of carbonyl (C=O) groups excluding carboxylic acids is 1. The molecule has 104 valence electrons. The third-order valence-electron chi connectivity index (χ3n) is 2.22. The van der Waals surface area contributed by atoms with E-state index in [-0.39, 0.29) is 25.1 Å². The second-order valence-electron chi connectivity index (χ2n) is 3.76. The summed E-state index contributed by atoms with van der Waals surface area (Å²) >= 11 is 0. The highest BCUT2D eigenvalue weighted by atomic mass is 16.4. The number of aromatic nitrogens is 2. The van der Waals surface area contributed by atoms with Crippen molar-refractivity contribution in [1.29, 1.82) is 0 Å². The molecule has 1 aromatic heterocycles. The first-order valence-electron chi connectivity index (χ1n) is 5.38. The monoisotopic (exact) mass is 271 g/mol. The van der Waals surface area contributed by atoms with Gasteiger partial charge in [-0.15, -0.1) is 0 Å². The molecule has 0 aromatic carbocycles. The number of aliphatic carboxylic acids is 1. The lowest BCUT2D eigenvalue weighted by molar-refractivity contribution is -0.142. The molecule has 1 rings (SSSR count). The van der Waals surface area contributed by atoms with Crippen molar-refractivity contribution >= 4 is 11.9 Å². The van der Waals surface area contributed by atoms with E-state index in [0.29, 0.717) is 0 Å². The Morgan fingerprint density at radius 1 is 1.32 bits per heavy atom. The molecule has 0 aliphatic rings. The number of nitrogens with one attached hydrogen (secondary N) is 3. The van der Waals surface area contributed by atoms with Crippen LogP contribution in [0, 0.1) is 0 Å². The van der Waals surface area contributed by atoms with Crippen molar-refractivity contribution in [1.82, 2.24) is 15.3 Å². The number of aromatic amines is 2. The summed E-state index contributed by atoms with van der Waals surface area (Å²) in [4.78, 5) is 48.4. The smallest absolute Gasteiger partial charge is 0.326 e. The molecule has 0 aliphatic carbocycles. The maximum Gasteiger partial charge on any atom is 0.326 e. The van der Waals surface area contributed by atoms with Crippen LogP contribution in [0.15, 0.2) is 15.7 Å². The van der Waals surface area contributed by atoms with Crippen LogP contribution in [-0.2, 0) is 16.0 Å². The molecule has 1 heterocycles. The van der Waals surface area contributed by atoms with E-state index in [1.807, 2.05) is 4.98 Å². The van der Waals surface area contributed by atoms with E-state index in [1.54, 1.807) is 0 Å². The molecular weight excluding hydrogens is 258 g/mol. The summed E-state index contributed by atoms with van der Waals surface area (Å²) in [5.74, 6) is -1.95. The molecule has 9 heteroatoms. The summed E-state index contributed by atoms with van der Waals surface area (Å²) in [6.07, 6.45) is -0.471. The summed E-state index contributed by atoms with van der Waals surface area (Å²) in [6.45, 7) is -0.390. The minimum atomic E-state index is -1.28. The van der Waals surface area contributed by atoms with Gasteiger partial charge in [0, 0.05) is 24.8 Å². The zero-order valence-electron chi connectivity index (χ0n) is 9.80. The van der Waals surface area contributed by atoms with Crippen molar-refractivity contribution in [3.8, 4) is 0 Å². The molecule has 1 amide bonds. The van der Waals surface area contributed by atoms with E-state index in [1.165, 1.54) is 0 Å². The number of carbonyl (C=O) groups is 2. The molecule has 0 saturated carbocycles. The Balaban J connectivity index is 2.71. The van der Waals surface area contributed by atoms with Crippen molar-refractivity contribution in [2.45, 2.75) is 18.9 Å². The fourth-order valence-electron chi connectivity index (χ4n) is 1.42. The standard InChI is InChI=1S/C10H13N3O6/c14-2-1-6(9(17)18)12-7(15)3-5-4-8(16)13-10(19)11-5/h4,6,14H,1-3H2,(H,12,15)(H,17,18)(H2,11,13,16,19)/t6-/m1/s1. The highest BCUT2D eigenvalue weighted by Crippen LogP contribution is 1.94. The highest BCUT2D eigenvalue weighted by molar-refractivity contribution is 5.84. The van der Waals surface area contributed by atoms with Gasteiger partial charge in [0.1, 0.15) is 6.04 Å². The molecule has 5 N–H and O–H groups in total. The molecule has 0 bridgehead atoms. The second-order valence-corrected chi connectivity index (χ2v) is 3.76. The lowest BCUT2D eigenvalue weighted by Crippen LogP contribution is -2.42. The number of aliphatic hydroxyl groups is 1. The summed E-state index contributed by atoms with van der Waals surface area (Å²) in [6, 6.07) is -0.186. The molecule has 0 aliphatic heterocycles. The zero-order valence-corrected chi connectivity index (χ0v) is 9.80. The van der Waals surface area contributed by atoms with E-state index in [2.05, 4.69) is 10.3 Å². The average Bonchev–Trinajstić information content (AvgIpc) is 2.26. The van der Waals surface area contributed by atoms with Gasteiger partial charge in [-0.3, -0.25) is 14.6 Å². The van der Waals surface area contributed by atoms with Crippen LogP contribution in [0.3, 0.4) is 0 Å². The molecule has 9 nitrogen and oxygen atoms in total. The van der Waals surface area contributed by atoms with Gasteiger partial charge in [0.2, 0.25) is 5.91 Å². The molecular formula is C10H13N3O6. The molecule has 0 unspecified atom stereocenters. The minimum Gasteiger partial charge on any atom is -0.480 e. The van der Waals surface area contributed by atoms with Crippen LogP contribution in [0.1, 0.15) is 12.1 Å². The van der Waals surface area contributed by atoms with Crippen molar-refractivity contribution in [3.05, 3.63) is 32.6 Å². The van der Waals surface area contributed by atoms with Crippen molar-refractivity contribution in [2.75, 3.05) is 6.61 Å². The van der Waals surface area contributed by atoms with E-state index < -0.39 is 29.2 Å². The van der Waals surface area contributed by atoms with Gasteiger partial charge in [-0.05, 0) is 0 Å². The van der Waals surface area contributed by atoms with Crippen molar-refractivity contribution in [3.63, 3.8) is 0 Å². The average molecular weight is 271 g/mol. The SMILES string of the molecule is O=C(Cc1cc(=O)[nH]c(=O)[nH]1)N[C@H](CCO)C(=O)O. The first kappa shape index (κ1) is 14.6. The molecule has 0 saturated heterocycles. The Bertz CT molecular complexity index is 547. The van der Waals surface area contributed by atoms with Crippen LogP contribution in [0.2, 0.25) is 0 Å². The van der Waals surface area contributed by atoms with Crippen LogP contribution in [0.4, 0.5) is 0 Å². The lowest BCUT2D eigenvalue weighted by Gasteiger charge is -2.12. The van der Waals surface area contributed by atoms with E-state index in [9.17, 15) is 19.2 Å². The Labute approximate surface area is 106 Å². The number of H-pyrrole nitrogens is 2. The van der Waals surface area contributed by atoms with Gasteiger partial charge in [-0.2, -0.15) is 0 Å². The largest absolute Gasteiger partial charge is 0.480 e. The lowest BCUT2D eigenvalue weighted by atomic mass is 10.2. The summed E-state index contributed by atoms with van der Waals surface area (Å²) in [5, 5.41) is 19.6. The number of rotatable bonds is 6. The Morgan fingerprint density at radius 3 is 2.53 bits per heavy atom. The maximum atomic E-state index is 11.5. The first-order valence-corrected chi connectivity index (χ1v) is 5.38. The number of carboxylic acid groups (broad SMARTS) is 1. The van der Waals surface area contributed by atoms with Gasteiger partial charge in [0.15, 0.2) is 0 Å². The first-order chi connectivity index (χ1) is 8.92. The number of hydrogen-bond acceptors (Lipinski definition) is 5. The molecule has 0 fully saturated rings. The molecule has 1 aromatic rings. The topological polar surface area (TPSA) is 152 Å². The van der Waals surface area contributed by atoms with Crippen molar-refractivity contribution in [2.24, 2.45) is 0 Å². The fourth-order valence-corrected chi connectivity index (χ4v) is 1.42. The summed E-state index contributed by atoms with van der Waals surface area (Å²) < 4.78 is 0. The van der Waals surface area contributed by atoms with Crippen molar-refractivity contribution < 1.29 is 19.8 Å². The van der Waals surface area contributed by atoms with E-state index in [0.717, 1.165) is 6.07 Å². The Kier molecular flexibility index (Phi) is 5.01. The highest BCUT2D eigenvalue weighted by Gasteiger charge is 2.19. The van der Waals surface area contributed by atoms with Gasteiger partial charge in [-0.1, -0.05) is 0 Å². The van der Waals surface area contributed by atoms with Gasteiger partial charge >= 0.3 is 11.7 Å².